The smallest absolute Gasteiger partial charge is 0.303 e. The van der Waals surface area contributed by atoms with E-state index in [-0.39, 0.29) is 12.0 Å². The number of rotatable bonds is 6. The van der Waals surface area contributed by atoms with Crippen LogP contribution in [0.3, 0.4) is 0 Å². The van der Waals surface area contributed by atoms with E-state index in [1.807, 2.05) is 0 Å². The topological polar surface area (TPSA) is 204 Å². The molecule has 2 heterocycles. The predicted molar refractivity (Wildman–Crippen MR) is 156 cm³/mol. The number of esters is 6. The zero-order valence-corrected chi connectivity index (χ0v) is 28.3. The van der Waals surface area contributed by atoms with Crippen molar-refractivity contribution < 1.29 is 71.8 Å². The molecule has 3 aliphatic rings. The van der Waals surface area contributed by atoms with Crippen molar-refractivity contribution in [3.8, 4) is 0 Å². The summed E-state index contributed by atoms with van der Waals surface area (Å²) in [4.78, 5) is 90.1. The second-order valence-electron chi connectivity index (χ2n) is 13.1. The van der Waals surface area contributed by atoms with Gasteiger partial charge in [0, 0.05) is 52.5 Å². The van der Waals surface area contributed by atoms with Crippen LogP contribution in [0, 0.1) is 23.2 Å². The maximum absolute atomic E-state index is 14.2. The van der Waals surface area contributed by atoms with E-state index in [2.05, 4.69) is 6.58 Å². The van der Waals surface area contributed by atoms with E-state index in [1.165, 1.54) is 20.8 Å². The first kappa shape index (κ1) is 37.6. The van der Waals surface area contributed by atoms with Gasteiger partial charge < -0.3 is 38.3 Å². The van der Waals surface area contributed by atoms with Crippen LogP contribution in [0.2, 0.25) is 0 Å². The van der Waals surface area contributed by atoms with Crippen molar-refractivity contribution in [3.05, 3.63) is 12.2 Å². The largest absolute Gasteiger partial charge is 0.462 e. The molecule has 0 amide bonds. The summed E-state index contributed by atoms with van der Waals surface area (Å²) >= 11 is 0. The highest BCUT2D eigenvalue weighted by atomic mass is 16.7. The van der Waals surface area contributed by atoms with Gasteiger partial charge in [0.2, 0.25) is 5.79 Å². The molecule has 0 radical (unpaired) electrons. The third kappa shape index (κ3) is 6.77. The van der Waals surface area contributed by atoms with E-state index in [4.69, 9.17) is 33.2 Å². The van der Waals surface area contributed by atoms with Gasteiger partial charge in [-0.2, -0.15) is 0 Å². The molecule has 1 N–H and O–H groups in total. The van der Waals surface area contributed by atoms with Gasteiger partial charge in [-0.05, 0) is 12.3 Å². The van der Waals surface area contributed by atoms with E-state index in [0.717, 1.165) is 41.5 Å². The lowest BCUT2D eigenvalue weighted by Crippen LogP contribution is -2.66. The number of Topliss-reactive ketones (excluding diaryl/α,β-unsaturated/α-hetero) is 1. The van der Waals surface area contributed by atoms with Gasteiger partial charge in [-0.15, -0.1) is 0 Å². The molecule has 2 bridgehead atoms. The summed E-state index contributed by atoms with van der Waals surface area (Å²) in [5, 5.41) is 12.7. The minimum Gasteiger partial charge on any atom is -0.462 e. The van der Waals surface area contributed by atoms with Crippen LogP contribution in [0.1, 0.15) is 75.7 Å². The maximum Gasteiger partial charge on any atom is 0.303 e. The summed E-state index contributed by atoms with van der Waals surface area (Å²) in [6, 6.07) is 0. The Hall–Kier alpha value is -3.85. The van der Waals surface area contributed by atoms with Crippen LogP contribution in [-0.2, 0) is 66.7 Å². The Bertz CT molecular complexity index is 1350. The first-order valence-corrected chi connectivity index (χ1v) is 15.2. The highest BCUT2D eigenvalue weighted by Gasteiger charge is 2.77. The number of fused-ring (bicyclic) bond motifs is 4. The van der Waals surface area contributed by atoms with Crippen molar-refractivity contribution >= 4 is 41.6 Å². The summed E-state index contributed by atoms with van der Waals surface area (Å²) in [7, 11) is 0. The number of ketones is 1. The predicted octanol–water partition coefficient (Wildman–Crippen LogP) is 1.49. The third-order valence-electron chi connectivity index (χ3n) is 9.13. The summed E-state index contributed by atoms with van der Waals surface area (Å²) in [6.07, 6.45) is -10.1. The molecule has 15 heteroatoms. The number of aliphatic hydroxyl groups is 1. The Balaban J connectivity index is 2.59. The van der Waals surface area contributed by atoms with Gasteiger partial charge >= 0.3 is 35.8 Å². The highest BCUT2D eigenvalue weighted by Crippen LogP contribution is 2.60. The van der Waals surface area contributed by atoms with Gasteiger partial charge in [0.05, 0.1) is 11.8 Å². The molecule has 2 saturated heterocycles. The average Bonchev–Trinajstić information content (AvgIpc) is 3.32. The van der Waals surface area contributed by atoms with Gasteiger partial charge in [0.1, 0.15) is 18.3 Å². The van der Waals surface area contributed by atoms with Crippen molar-refractivity contribution in [2.75, 3.05) is 0 Å². The van der Waals surface area contributed by atoms with Gasteiger partial charge in [-0.25, -0.2) is 0 Å². The fourth-order valence-electron chi connectivity index (χ4n) is 7.41. The maximum atomic E-state index is 14.2. The minimum atomic E-state index is -2.68. The van der Waals surface area contributed by atoms with Crippen molar-refractivity contribution in [2.45, 2.75) is 124 Å². The molecule has 11 unspecified atom stereocenters. The van der Waals surface area contributed by atoms with E-state index >= 15 is 0 Å². The first-order valence-electron chi connectivity index (χ1n) is 15.2. The monoisotopic (exact) mass is 668 g/mol. The fraction of sp³-hybridized carbons (Fsp3) is 0.719. The standard InChI is InChI=1S/C32H44O15/c1-13-12-31(46-21(9)38)22(24(13)41-16(4)33)25(42-17(5)34)14(2)26(43-18(6)35)27(44-19(7)36)29(45-20(8)37)30(10,11)28-23(39)15(3)32(31,40)47-28/h13,15,22,24-29,40H,2,12H2,1,3-11H3. The van der Waals surface area contributed by atoms with Crippen LogP contribution in [0.25, 0.3) is 0 Å². The average molecular weight is 669 g/mol. The first-order chi connectivity index (χ1) is 21.5. The lowest BCUT2D eigenvalue weighted by Gasteiger charge is -2.49. The summed E-state index contributed by atoms with van der Waals surface area (Å²) in [6.45, 7) is 16.3. The quantitative estimate of drug-likeness (QED) is 0.242. The molecule has 0 spiro atoms. The molecule has 0 aromatic rings. The molecular weight excluding hydrogens is 624 g/mol. The lowest BCUT2D eigenvalue weighted by molar-refractivity contribution is -0.334. The van der Waals surface area contributed by atoms with E-state index < -0.39 is 113 Å². The summed E-state index contributed by atoms with van der Waals surface area (Å²) in [5.41, 5.74) is -4.23. The molecule has 0 aromatic heterocycles. The van der Waals surface area contributed by atoms with Crippen LogP contribution in [-0.4, -0.2) is 94.7 Å². The Morgan fingerprint density at radius 3 is 1.68 bits per heavy atom. The number of ether oxygens (including phenoxy) is 7. The molecule has 1 aliphatic carbocycles. The molecule has 11 atom stereocenters. The van der Waals surface area contributed by atoms with E-state index in [1.54, 1.807) is 6.92 Å². The van der Waals surface area contributed by atoms with Crippen LogP contribution in [0.5, 0.6) is 0 Å². The van der Waals surface area contributed by atoms with Crippen molar-refractivity contribution in [1.82, 2.24) is 0 Å². The highest BCUT2D eigenvalue weighted by molar-refractivity contribution is 5.89. The molecule has 0 aromatic carbocycles. The third-order valence-corrected chi connectivity index (χ3v) is 9.13. The van der Waals surface area contributed by atoms with Gasteiger partial charge in [-0.3, -0.25) is 33.6 Å². The fourth-order valence-corrected chi connectivity index (χ4v) is 7.41. The van der Waals surface area contributed by atoms with E-state index in [9.17, 15) is 38.7 Å². The van der Waals surface area contributed by atoms with Gasteiger partial charge in [0.15, 0.2) is 29.7 Å². The number of hydrogen-bond donors (Lipinski definition) is 1. The van der Waals surface area contributed by atoms with Crippen LogP contribution >= 0.6 is 0 Å². The Morgan fingerprint density at radius 1 is 0.745 bits per heavy atom. The minimum absolute atomic E-state index is 0.275. The van der Waals surface area contributed by atoms with Gasteiger partial charge in [0.25, 0.3) is 0 Å². The van der Waals surface area contributed by atoms with E-state index in [0.29, 0.717) is 0 Å². The molecule has 3 fully saturated rings. The normalized spacial score (nSPS) is 37.8. The molecule has 3 rings (SSSR count). The summed E-state index contributed by atoms with van der Waals surface area (Å²) < 4.78 is 40.8. The zero-order valence-electron chi connectivity index (χ0n) is 28.3. The Morgan fingerprint density at radius 2 is 1.21 bits per heavy atom. The van der Waals surface area contributed by atoms with Crippen molar-refractivity contribution in [2.24, 2.45) is 23.2 Å². The van der Waals surface area contributed by atoms with Crippen molar-refractivity contribution in [3.63, 3.8) is 0 Å². The van der Waals surface area contributed by atoms with Crippen molar-refractivity contribution in [1.29, 1.82) is 0 Å². The molecule has 2 aliphatic heterocycles. The second kappa shape index (κ2) is 13.3. The molecule has 47 heavy (non-hydrogen) atoms. The second-order valence-corrected chi connectivity index (χ2v) is 13.1. The summed E-state index contributed by atoms with van der Waals surface area (Å²) in [5.74, 6) is -12.5. The molecular formula is C32H44O15. The number of carbonyl (C=O) groups is 7. The molecule has 262 valence electrons. The Kier molecular flexibility index (Phi) is 10.7. The van der Waals surface area contributed by atoms with Crippen LogP contribution in [0.4, 0.5) is 0 Å². The SMILES string of the molecule is C=C1C(OC(C)=O)C(OC(C)=O)C(OC(C)=O)C(C)(C)C2OC(O)(C(C)C2=O)C2(OC(C)=O)CC(C)C(OC(C)=O)C2C1OC(C)=O. The van der Waals surface area contributed by atoms with Crippen LogP contribution in [0.15, 0.2) is 12.2 Å². The van der Waals surface area contributed by atoms with Gasteiger partial charge in [-0.1, -0.05) is 34.3 Å². The lowest BCUT2D eigenvalue weighted by atomic mass is 9.68. The van der Waals surface area contributed by atoms with Crippen LogP contribution < -0.4 is 0 Å². The zero-order chi connectivity index (χ0) is 36.0. The molecule has 15 nitrogen and oxygen atoms in total. The molecule has 1 saturated carbocycles. The number of hydrogen-bond acceptors (Lipinski definition) is 15. The number of carbonyl (C=O) groups excluding carboxylic acids is 7. The Labute approximate surface area is 272 Å².